The molecule has 34 heavy (non-hydrogen) atoms. The Bertz CT molecular complexity index is 1400. The smallest absolute Gasteiger partial charge is 0.203 e. The summed E-state index contributed by atoms with van der Waals surface area (Å²) in [7, 11) is 3.18. The average Bonchev–Trinajstić information content (AvgIpc) is 2.88. The normalized spacial score (nSPS) is 10.8. The summed E-state index contributed by atoms with van der Waals surface area (Å²) in [6, 6.07) is 17.0. The molecule has 3 aromatic carbocycles. The van der Waals surface area contributed by atoms with Crippen LogP contribution >= 0.6 is 0 Å². The molecule has 0 bridgehead atoms. The number of benzene rings is 3. The van der Waals surface area contributed by atoms with E-state index in [1.54, 1.807) is 26.4 Å². The Hall–Kier alpha value is -4.19. The highest BCUT2D eigenvalue weighted by molar-refractivity contribution is 5.96. The molecule has 1 aromatic heterocycles. The number of rotatable bonds is 10. The van der Waals surface area contributed by atoms with Gasteiger partial charge in [0.2, 0.25) is 11.2 Å². The Morgan fingerprint density at radius 3 is 2.15 bits per heavy atom. The number of ether oxygens (including phenoxy) is 4. The Morgan fingerprint density at radius 1 is 0.824 bits per heavy atom. The first kappa shape index (κ1) is 23.0. The number of nitrogens with zero attached hydrogens (tertiary/aromatic N) is 1. The second-order valence-electron chi connectivity index (χ2n) is 7.61. The molecule has 0 radical (unpaired) electrons. The van der Waals surface area contributed by atoms with Crippen molar-refractivity contribution in [2.24, 2.45) is 0 Å². The van der Waals surface area contributed by atoms with Crippen LogP contribution in [0.4, 0.5) is 0 Å². The number of hydrogen-bond acceptors (Lipinski definition) is 5. The summed E-state index contributed by atoms with van der Waals surface area (Å²) < 4.78 is 24.9. The van der Waals surface area contributed by atoms with Gasteiger partial charge in [-0.25, -0.2) is 0 Å². The lowest BCUT2D eigenvalue weighted by molar-refractivity contribution is 0.300. The van der Waals surface area contributed by atoms with Crippen molar-refractivity contribution < 1.29 is 18.9 Å². The molecule has 1 heterocycles. The van der Waals surface area contributed by atoms with E-state index in [0.29, 0.717) is 53.5 Å². The van der Waals surface area contributed by atoms with Gasteiger partial charge in [0.25, 0.3) is 0 Å². The van der Waals surface area contributed by atoms with Crippen molar-refractivity contribution in [1.82, 2.24) is 4.57 Å². The van der Waals surface area contributed by atoms with Crippen molar-refractivity contribution >= 4 is 21.8 Å². The number of para-hydroxylation sites is 1. The van der Waals surface area contributed by atoms with Crippen molar-refractivity contribution in [3.63, 3.8) is 0 Å². The van der Waals surface area contributed by atoms with Gasteiger partial charge >= 0.3 is 0 Å². The maximum Gasteiger partial charge on any atom is 0.203 e. The number of fused-ring (bicyclic) bond motifs is 2. The first-order valence-electron chi connectivity index (χ1n) is 10.9. The van der Waals surface area contributed by atoms with E-state index >= 15 is 0 Å². The molecule has 0 amide bonds. The van der Waals surface area contributed by atoms with Gasteiger partial charge in [-0.3, -0.25) is 4.79 Å². The van der Waals surface area contributed by atoms with E-state index in [1.807, 2.05) is 54.6 Å². The van der Waals surface area contributed by atoms with E-state index in [0.717, 1.165) is 16.6 Å². The van der Waals surface area contributed by atoms with Gasteiger partial charge in [-0.05, 0) is 42.0 Å². The molecule has 0 atom stereocenters. The van der Waals surface area contributed by atoms with Crippen molar-refractivity contribution in [3.05, 3.63) is 95.7 Å². The third-order valence-electron chi connectivity index (χ3n) is 5.52. The highest BCUT2D eigenvalue weighted by Gasteiger charge is 2.18. The van der Waals surface area contributed by atoms with Crippen LogP contribution in [-0.4, -0.2) is 32.0 Å². The molecular weight excluding hydrogens is 430 g/mol. The Balaban J connectivity index is 1.94. The summed E-state index contributed by atoms with van der Waals surface area (Å²) >= 11 is 0. The van der Waals surface area contributed by atoms with E-state index in [4.69, 9.17) is 18.9 Å². The van der Waals surface area contributed by atoms with Crippen LogP contribution in [0.5, 0.6) is 23.0 Å². The van der Waals surface area contributed by atoms with Crippen LogP contribution in [0.15, 0.2) is 84.7 Å². The fraction of sp³-hybridized carbons (Fsp3) is 0.179. The molecule has 0 aliphatic carbocycles. The summed E-state index contributed by atoms with van der Waals surface area (Å²) in [6.07, 6.45) is 3.32. The lowest BCUT2D eigenvalue weighted by Gasteiger charge is -2.19. The number of hydrogen-bond donors (Lipinski definition) is 0. The lowest BCUT2D eigenvalue weighted by Crippen LogP contribution is -2.14. The standard InChI is InChI=1S/C28H27NO5/c1-5-14-33-23-13-9-12-22-26(23)27(30)20-10-7-8-11-21(20)29(22)18-19-16-24(31-3)28(34-15-6-2)25(17-19)32-4/h5-13,16-17H,1-2,14-15,18H2,3-4H3. The summed E-state index contributed by atoms with van der Waals surface area (Å²) in [6.45, 7) is 8.52. The molecule has 0 saturated carbocycles. The first-order valence-corrected chi connectivity index (χ1v) is 10.9. The zero-order valence-electron chi connectivity index (χ0n) is 19.4. The van der Waals surface area contributed by atoms with Gasteiger partial charge in [0, 0.05) is 11.9 Å². The van der Waals surface area contributed by atoms with Crippen molar-refractivity contribution in [3.8, 4) is 23.0 Å². The van der Waals surface area contributed by atoms with Gasteiger partial charge in [-0.15, -0.1) is 0 Å². The van der Waals surface area contributed by atoms with Crippen LogP contribution in [0, 0.1) is 0 Å². The molecule has 4 aromatic rings. The van der Waals surface area contributed by atoms with Crippen LogP contribution in [0.1, 0.15) is 5.56 Å². The fourth-order valence-corrected chi connectivity index (χ4v) is 4.07. The van der Waals surface area contributed by atoms with Crippen molar-refractivity contribution in [2.75, 3.05) is 27.4 Å². The molecular formula is C28H27NO5. The lowest BCUT2D eigenvalue weighted by atomic mass is 10.1. The van der Waals surface area contributed by atoms with Gasteiger partial charge in [0.05, 0.1) is 30.6 Å². The Morgan fingerprint density at radius 2 is 1.47 bits per heavy atom. The van der Waals surface area contributed by atoms with Gasteiger partial charge in [-0.1, -0.05) is 43.5 Å². The fourth-order valence-electron chi connectivity index (χ4n) is 4.07. The molecule has 6 nitrogen and oxygen atoms in total. The van der Waals surface area contributed by atoms with E-state index < -0.39 is 0 Å². The second-order valence-corrected chi connectivity index (χ2v) is 7.61. The minimum Gasteiger partial charge on any atom is -0.493 e. The van der Waals surface area contributed by atoms with Crippen molar-refractivity contribution in [2.45, 2.75) is 6.54 Å². The van der Waals surface area contributed by atoms with E-state index in [1.165, 1.54) is 0 Å². The van der Waals surface area contributed by atoms with E-state index in [9.17, 15) is 4.79 Å². The quantitative estimate of drug-likeness (QED) is 0.237. The molecule has 4 rings (SSSR count). The number of pyridine rings is 1. The van der Waals surface area contributed by atoms with Crippen LogP contribution in [0.2, 0.25) is 0 Å². The molecule has 0 fully saturated rings. The van der Waals surface area contributed by atoms with Gasteiger partial charge in [-0.2, -0.15) is 0 Å². The topological polar surface area (TPSA) is 58.9 Å². The predicted octanol–water partition coefficient (Wildman–Crippen LogP) is 5.35. The van der Waals surface area contributed by atoms with Crippen LogP contribution in [0.3, 0.4) is 0 Å². The SMILES string of the molecule is C=CCOc1c(OC)cc(Cn2c3ccccc3c(=O)c3c(OCC=C)cccc32)cc1OC. The Kier molecular flexibility index (Phi) is 6.87. The minimum absolute atomic E-state index is 0.0650. The van der Waals surface area contributed by atoms with Crippen LogP contribution < -0.4 is 24.4 Å². The van der Waals surface area contributed by atoms with E-state index in [-0.39, 0.29) is 5.43 Å². The van der Waals surface area contributed by atoms with Gasteiger partial charge in [0.1, 0.15) is 19.0 Å². The van der Waals surface area contributed by atoms with E-state index in [2.05, 4.69) is 17.7 Å². The highest BCUT2D eigenvalue weighted by atomic mass is 16.5. The molecule has 6 heteroatoms. The highest BCUT2D eigenvalue weighted by Crippen LogP contribution is 2.39. The maximum atomic E-state index is 13.4. The summed E-state index contributed by atoms with van der Waals surface area (Å²) in [5.74, 6) is 2.16. The average molecular weight is 458 g/mol. The summed E-state index contributed by atoms with van der Waals surface area (Å²) in [4.78, 5) is 13.4. The molecule has 0 saturated heterocycles. The van der Waals surface area contributed by atoms with Crippen LogP contribution in [-0.2, 0) is 6.54 Å². The molecule has 0 N–H and O–H groups in total. The molecule has 0 aliphatic heterocycles. The van der Waals surface area contributed by atoms with Crippen LogP contribution in [0.25, 0.3) is 21.8 Å². The van der Waals surface area contributed by atoms with Gasteiger partial charge in [0.15, 0.2) is 11.5 Å². The largest absolute Gasteiger partial charge is 0.493 e. The van der Waals surface area contributed by atoms with Crippen molar-refractivity contribution in [1.29, 1.82) is 0 Å². The zero-order valence-corrected chi connectivity index (χ0v) is 19.4. The molecule has 0 unspecified atom stereocenters. The predicted molar refractivity (Wildman–Crippen MR) is 136 cm³/mol. The third kappa shape index (κ3) is 4.22. The Labute approximate surface area is 198 Å². The monoisotopic (exact) mass is 457 g/mol. The third-order valence-corrected chi connectivity index (χ3v) is 5.52. The van der Waals surface area contributed by atoms with Gasteiger partial charge < -0.3 is 23.5 Å². The summed E-state index contributed by atoms with van der Waals surface area (Å²) in [5.41, 5.74) is 2.46. The number of aromatic nitrogens is 1. The minimum atomic E-state index is -0.0650. The first-order chi connectivity index (χ1) is 16.6. The molecule has 0 aliphatic rings. The molecule has 174 valence electrons. The summed E-state index contributed by atoms with van der Waals surface area (Å²) in [5, 5.41) is 1.16. The zero-order chi connectivity index (χ0) is 24.1. The molecule has 0 spiro atoms. The second kappa shape index (κ2) is 10.2. The number of methoxy groups -OCH3 is 2. The maximum absolute atomic E-state index is 13.4.